The Balaban J connectivity index is 2.15. The molecule has 0 spiro atoms. The van der Waals surface area contributed by atoms with Crippen LogP contribution in [0.25, 0.3) is 0 Å². The minimum atomic E-state index is -0.659. The molecule has 2 N–H and O–H groups in total. The van der Waals surface area contributed by atoms with Gasteiger partial charge in [0.2, 0.25) is 0 Å². The molecule has 0 atom stereocenters. The van der Waals surface area contributed by atoms with Gasteiger partial charge in [-0.25, -0.2) is 0 Å². The zero-order valence-corrected chi connectivity index (χ0v) is 12.3. The number of nitro groups is 1. The van der Waals surface area contributed by atoms with Crippen molar-refractivity contribution in [1.82, 2.24) is 5.32 Å². The highest BCUT2D eigenvalue weighted by molar-refractivity contribution is 9.10. The first-order valence-electron chi connectivity index (χ1n) is 5.97. The van der Waals surface area contributed by atoms with Crippen molar-refractivity contribution in [1.29, 1.82) is 0 Å². The molecule has 0 aliphatic rings. The first-order chi connectivity index (χ1) is 9.97. The average Bonchev–Trinajstić information content (AvgIpc) is 2.46. The summed E-state index contributed by atoms with van der Waals surface area (Å²) in [7, 11) is 0. The first-order valence-corrected chi connectivity index (χ1v) is 6.76. The number of aromatic hydroxyl groups is 1. The Morgan fingerprint density at radius 2 is 1.90 bits per heavy atom. The van der Waals surface area contributed by atoms with Gasteiger partial charge in [-0.3, -0.25) is 14.9 Å². The van der Waals surface area contributed by atoms with E-state index in [9.17, 15) is 20.0 Å². The zero-order valence-electron chi connectivity index (χ0n) is 10.7. The Bertz CT molecular complexity index is 686. The molecule has 0 saturated carbocycles. The van der Waals surface area contributed by atoms with Crippen LogP contribution in [0.4, 0.5) is 5.69 Å². The standard InChI is InChI=1S/C14H11BrN2O4/c15-10-3-1-9(2-4-10)8-16-14(19)12-7-11(18)5-6-13(12)17(20)21/h1-7,18H,8H2,(H,16,19). The molecular formula is C14H11BrN2O4. The van der Waals surface area contributed by atoms with Crippen molar-refractivity contribution in [2.24, 2.45) is 0 Å². The van der Waals surface area contributed by atoms with E-state index in [-0.39, 0.29) is 23.5 Å². The van der Waals surface area contributed by atoms with Gasteiger partial charge in [0.1, 0.15) is 11.3 Å². The number of hydrogen-bond donors (Lipinski definition) is 2. The van der Waals surface area contributed by atoms with E-state index in [0.29, 0.717) is 0 Å². The van der Waals surface area contributed by atoms with Crippen molar-refractivity contribution < 1.29 is 14.8 Å². The van der Waals surface area contributed by atoms with E-state index in [4.69, 9.17) is 0 Å². The number of nitrogens with zero attached hydrogens (tertiary/aromatic N) is 1. The van der Waals surface area contributed by atoms with E-state index < -0.39 is 10.8 Å². The fourth-order valence-corrected chi connectivity index (χ4v) is 2.01. The number of hydrogen-bond acceptors (Lipinski definition) is 4. The second-order valence-electron chi connectivity index (χ2n) is 4.27. The summed E-state index contributed by atoms with van der Waals surface area (Å²) in [6, 6.07) is 10.7. The number of phenolic OH excluding ortho intramolecular Hbond substituents is 1. The summed E-state index contributed by atoms with van der Waals surface area (Å²) >= 11 is 3.31. The third-order valence-corrected chi connectivity index (χ3v) is 3.32. The lowest BCUT2D eigenvalue weighted by Crippen LogP contribution is -2.23. The number of amides is 1. The lowest BCUT2D eigenvalue weighted by Gasteiger charge is -2.06. The third kappa shape index (κ3) is 3.79. The molecule has 7 heteroatoms. The van der Waals surface area contributed by atoms with Crippen LogP contribution in [0.5, 0.6) is 5.75 Å². The molecule has 0 bridgehead atoms. The van der Waals surface area contributed by atoms with Gasteiger partial charge in [-0.1, -0.05) is 28.1 Å². The van der Waals surface area contributed by atoms with E-state index in [2.05, 4.69) is 21.2 Å². The molecular weight excluding hydrogens is 340 g/mol. The van der Waals surface area contributed by atoms with Crippen LogP contribution in [0.3, 0.4) is 0 Å². The molecule has 0 heterocycles. The van der Waals surface area contributed by atoms with E-state index in [0.717, 1.165) is 22.2 Å². The molecule has 108 valence electrons. The van der Waals surface area contributed by atoms with Gasteiger partial charge in [-0.15, -0.1) is 0 Å². The van der Waals surface area contributed by atoms with Gasteiger partial charge in [0.25, 0.3) is 11.6 Å². The van der Waals surface area contributed by atoms with Crippen molar-refractivity contribution in [3.63, 3.8) is 0 Å². The number of nitrogens with one attached hydrogen (secondary N) is 1. The normalized spacial score (nSPS) is 10.1. The van der Waals surface area contributed by atoms with Crippen LogP contribution in [0.2, 0.25) is 0 Å². The fraction of sp³-hybridized carbons (Fsp3) is 0.0714. The van der Waals surface area contributed by atoms with Crippen molar-refractivity contribution in [2.45, 2.75) is 6.54 Å². The van der Waals surface area contributed by atoms with Crippen LogP contribution < -0.4 is 5.32 Å². The van der Waals surface area contributed by atoms with Gasteiger partial charge in [0, 0.05) is 17.1 Å². The minimum Gasteiger partial charge on any atom is -0.508 e. The summed E-state index contributed by atoms with van der Waals surface area (Å²) in [4.78, 5) is 22.3. The number of halogens is 1. The highest BCUT2D eigenvalue weighted by Gasteiger charge is 2.20. The molecule has 2 aromatic rings. The number of rotatable bonds is 4. The maximum absolute atomic E-state index is 12.0. The lowest BCUT2D eigenvalue weighted by molar-refractivity contribution is -0.385. The monoisotopic (exact) mass is 350 g/mol. The second kappa shape index (κ2) is 6.36. The molecule has 1 amide bonds. The van der Waals surface area contributed by atoms with E-state index in [1.165, 1.54) is 6.07 Å². The maximum atomic E-state index is 12.0. The molecule has 2 aromatic carbocycles. The summed E-state index contributed by atoms with van der Waals surface area (Å²) in [5, 5.41) is 22.9. The highest BCUT2D eigenvalue weighted by atomic mass is 79.9. The number of carbonyl (C=O) groups excluding carboxylic acids is 1. The van der Waals surface area contributed by atoms with E-state index in [1.54, 1.807) is 0 Å². The number of phenols is 1. The molecule has 0 aromatic heterocycles. The average molecular weight is 351 g/mol. The number of carbonyl (C=O) groups is 1. The number of nitro benzene ring substituents is 1. The van der Waals surface area contributed by atoms with E-state index >= 15 is 0 Å². The summed E-state index contributed by atoms with van der Waals surface area (Å²) in [6.45, 7) is 0.235. The topological polar surface area (TPSA) is 92.5 Å². The zero-order chi connectivity index (χ0) is 15.4. The molecule has 0 unspecified atom stereocenters. The maximum Gasteiger partial charge on any atom is 0.282 e. The second-order valence-corrected chi connectivity index (χ2v) is 5.18. The Morgan fingerprint density at radius 3 is 2.52 bits per heavy atom. The largest absolute Gasteiger partial charge is 0.508 e. The van der Waals surface area contributed by atoms with Crippen LogP contribution in [0, 0.1) is 10.1 Å². The van der Waals surface area contributed by atoms with Gasteiger partial charge < -0.3 is 10.4 Å². The SMILES string of the molecule is O=C(NCc1ccc(Br)cc1)c1cc(O)ccc1[N+](=O)[O-]. The Morgan fingerprint density at radius 1 is 1.24 bits per heavy atom. The summed E-state index contributed by atoms with van der Waals surface area (Å²) in [5.74, 6) is -0.810. The molecule has 6 nitrogen and oxygen atoms in total. The molecule has 0 saturated heterocycles. The van der Waals surface area contributed by atoms with Gasteiger partial charge in [0.15, 0.2) is 0 Å². The van der Waals surface area contributed by atoms with Crippen molar-refractivity contribution in [3.8, 4) is 5.75 Å². The summed E-state index contributed by atoms with van der Waals surface area (Å²) < 4.78 is 0.918. The van der Waals surface area contributed by atoms with Crippen molar-refractivity contribution in [3.05, 3.63) is 68.2 Å². The smallest absolute Gasteiger partial charge is 0.282 e. The predicted molar refractivity (Wildman–Crippen MR) is 80.1 cm³/mol. The van der Waals surface area contributed by atoms with Gasteiger partial charge >= 0.3 is 0 Å². The summed E-state index contributed by atoms with van der Waals surface area (Å²) in [5.41, 5.74) is 0.340. The molecule has 21 heavy (non-hydrogen) atoms. The lowest BCUT2D eigenvalue weighted by atomic mass is 10.1. The fourth-order valence-electron chi connectivity index (χ4n) is 1.74. The van der Waals surface area contributed by atoms with Crippen LogP contribution >= 0.6 is 15.9 Å². The minimum absolute atomic E-state index is 0.169. The molecule has 0 fully saturated rings. The van der Waals surface area contributed by atoms with Crippen molar-refractivity contribution >= 4 is 27.5 Å². The molecule has 0 radical (unpaired) electrons. The van der Waals surface area contributed by atoms with Gasteiger partial charge in [-0.2, -0.15) is 0 Å². The van der Waals surface area contributed by atoms with Crippen LogP contribution in [0.15, 0.2) is 46.9 Å². The van der Waals surface area contributed by atoms with Gasteiger partial charge in [0.05, 0.1) is 4.92 Å². The Labute approximate surface area is 128 Å². The van der Waals surface area contributed by atoms with Crippen LogP contribution in [0.1, 0.15) is 15.9 Å². The summed E-state index contributed by atoms with van der Waals surface area (Å²) in [6.07, 6.45) is 0. The van der Waals surface area contributed by atoms with Crippen LogP contribution in [-0.4, -0.2) is 15.9 Å². The van der Waals surface area contributed by atoms with Crippen molar-refractivity contribution in [2.75, 3.05) is 0 Å². The highest BCUT2D eigenvalue weighted by Crippen LogP contribution is 2.23. The molecule has 0 aliphatic heterocycles. The third-order valence-electron chi connectivity index (χ3n) is 2.79. The molecule has 2 rings (SSSR count). The predicted octanol–water partition coefficient (Wildman–Crippen LogP) is 2.99. The molecule has 0 aliphatic carbocycles. The quantitative estimate of drug-likeness (QED) is 0.654. The van der Waals surface area contributed by atoms with E-state index in [1.807, 2.05) is 24.3 Å². The Kier molecular flexibility index (Phi) is 4.54. The van der Waals surface area contributed by atoms with Gasteiger partial charge in [-0.05, 0) is 29.8 Å². The first kappa shape index (κ1) is 15.0. The Hall–Kier alpha value is -2.41. The van der Waals surface area contributed by atoms with Crippen LogP contribution in [-0.2, 0) is 6.54 Å². The number of benzene rings is 2.